The summed E-state index contributed by atoms with van der Waals surface area (Å²) in [5, 5.41) is 20.4. The first-order valence-electron chi connectivity index (χ1n) is 12.6. The summed E-state index contributed by atoms with van der Waals surface area (Å²) in [5.74, 6) is 0.0630. The van der Waals surface area contributed by atoms with Crippen LogP contribution in [-0.4, -0.2) is 40.9 Å². The second-order valence-corrected chi connectivity index (χ2v) is 9.80. The third-order valence-corrected chi connectivity index (χ3v) is 7.37. The highest BCUT2D eigenvalue weighted by Crippen LogP contribution is 2.42. The van der Waals surface area contributed by atoms with Crippen LogP contribution in [0.4, 0.5) is 0 Å². The van der Waals surface area contributed by atoms with Crippen molar-refractivity contribution in [3.8, 4) is 0 Å². The van der Waals surface area contributed by atoms with Gasteiger partial charge in [-0.15, -0.1) is 0 Å². The Morgan fingerprint density at radius 2 is 1.50 bits per heavy atom. The van der Waals surface area contributed by atoms with Gasteiger partial charge in [0.1, 0.15) is 0 Å². The molecule has 0 aromatic heterocycles. The summed E-state index contributed by atoms with van der Waals surface area (Å²) in [6, 6.07) is 25.6. The van der Waals surface area contributed by atoms with Crippen molar-refractivity contribution in [2.24, 2.45) is 11.7 Å². The van der Waals surface area contributed by atoms with Crippen LogP contribution in [0.15, 0.2) is 78.9 Å². The quantitative estimate of drug-likeness (QED) is 0.410. The third kappa shape index (κ3) is 6.03. The molecular formula is C30H38N2O4. The summed E-state index contributed by atoms with van der Waals surface area (Å²) in [7, 11) is 2.03. The van der Waals surface area contributed by atoms with Gasteiger partial charge in [0, 0.05) is 30.6 Å². The van der Waals surface area contributed by atoms with E-state index in [2.05, 4.69) is 11.8 Å². The Balaban J connectivity index is 1.56. The van der Waals surface area contributed by atoms with Gasteiger partial charge in [0.05, 0.1) is 24.9 Å². The van der Waals surface area contributed by atoms with Gasteiger partial charge in [-0.05, 0) is 36.2 Å². The van der Waals surface area contributed by atoms with Gasteiger partial charge in [0.25, 0.3) is 0 Å². The Morgan fingerprint density at radius 3 is 2.11 bits per heavy atom. The minimum Gasteiger partial charge on any atom is -0.392 e. The van der Waals surface area contributed by atoms with E-state index < -0.39 is 12.4 Å². The van der Waals surface area contributed by atoms with Crippen LogP contribution < -0.4 is 5.73 Å². The molecule has 192 valence electrons. The average molecular weight is 491 g/mol. The van der Waals surface area contributed by atoms with Crippen molar-refractivity contribution in [2.75, 3.05) is 13.6 Å². The van der Waals surface area contributed by atoms with Gasteiger partial charge in [0.2, 0.25) is 0 Å². The molecule has 0 bridgehead atoms. The molecule has 0 saturated carbocycles. The zero-order valence-corrected chi connectivity index (χ0v) is 21.3. The molecule has 0 radical (unpaired) electrons. The molecule has 6 heteroatoms. The second kappa shape index (κ2) is 12.1. The minimum atomic E-state index is -0.604. The van der Waals surface area contributed by atoms with Gasteiger partial charge in [-0.1, -0.05) is 85.8 Å². The Labute approximate surface area is 214 Å². The monoisotopic (exact) mass is 490 g/mol. The molecule has 4 N–H and O–H groups in total. The van der Waals surface area contributed by atoms with E-state index in [-0.39, 0.29) is 30.8 Å². The van der Waals surface area contributed by atoms with Crippen LogP contribution in [0.25, 0.3) is 0 Å². The van der Waals surface area contributed by atoms with Crippen molar-refractivity contribution in [1.82, 2.24) is 4.90 Å². The van der Waals surface area contributed by atoms with Crippen molar-refractivity contribution in [1.29, 1.82) is 0 Å². The van der Waals surface area contributed by atoms with Gasteiger partial charge >= 0.3 is 0 Å². The molecule has 1 saturated heterocycles. The Kier molecular flexibility index (Phi) is 8.90. The minimum absolute atomic E-state index is 0.00956. The number of nitrogens with two attached hydrogens (primary N) is 1. The number of hydrogen-bond acceptors (Lipinski definition) is 6. The first kappa shape index (κ1) is 26.5. The predicted molar refractivity (Wildman–Crippen MR) is 141 cm³/mol. The number of ether oxygens (including phenoxy) is 2. The lowest BCUT2D eigenvalue weighted by atomic mass is 9.89. The maximum Gasteiger partial charge on any atom is 0.184 e. The maximum atomic E-state index is 11.0. The van der Waals surface area contributed by atoms with Crippen LogP contribution in [0.5, 0.6) is 0 Å². The fourth-order valence-electron chi connectivity index (χ4n) is 4.76. The molecule has 1 aliphatic heterocycles. The Morgan fingerprint density at radius 1 is 0.889 bits per heavy atom. The lowest BCUT2D eigenvalue weighted by Crippen LogP contribution is -2.46. The lowest BCUT2D eigenvalue weighted by Gasteiger charge is -2.43. The van der Waals surface area contributed by atoms with E-state index in [9.17, 15) is 10.2 Å². The van der Waals surface area contributed by atoms with E-state index in [1.54, 1.807) is 0 Å². The summed E-state index contributed by atoms with van der Waals surface area (Å²) in [5.41, 5.74) is 10.6. The number of nitrogens with zero attached hydrogens (tertiary/aromatic N) is 1. The molecule has 3 aromatic rings. The zero-order valence-electron chi connectivity index (χ0n) is 21.3. The zero-order chi connectivity index (χ0) is 25.7. The van der Waals surface area contributed by atoms with Crippen LogP contribution in [0.2, 0.25) is 0 Å². The Hall–Kier alpha value is -2.58. The van der Waals surface area contributed by atoms with E-state index in [0.29, 0.717) is 13.1 Å². The van der Waals surface area contributed by atoms with Gasteiger partial charge in [-0.2, -0.15) is 0 Å². The fourth-order valence-corrected chi connectivity index (χ4v) is 4.76. The molecule has 6 nitrogen and oxygen atoms in total. The van der Waals surface area contributed by atoms with Gasteiger partial charge in [-0.3, -0.25) is 4.90 Å². The summed E-state index contributed by atoms with van der Waals surface area (Å²) in [6.45, 7) is 5.32. The van der Waals surface area contributed by atoms with E-state index in [4.69, 9.17) is 15.2 Å². The lowest BCUT2D eigenvalue weighted by molar-refractivity contribution is -0.276. The van der Waals surface area contributed by atoms with Crippen LogP contribution in [0, 0.1) is 5.92 Å². The number of aliphatic hydroxyl groups is 2. The number of benzene rings is 3. The van der Waals surface area contributed by atoms with E-state index in [0.717, 1.165) is 27.8 Å². The smallest absolute Gasteiger partial charge is 0.184 e. The largest absolute Gasteiger partial charge is 0.392 e. The summed E-state index contributed by atoms with van der Waals surface area (Å²) >= 11 is 0. The highest BCUT2D eigenvalue weighted by atomic mass is 16.7. The van der Waals surface area contributed by atoms with Crippen molar-refractivity contribution < 1.29 is 19.7 Å². The number of rotatable bonds is 9. The topological polar surface area (TPSA) is 88.2 Å². The van der Waals surface area contributed by atoms with Crippen molar-refractivity contribution in [2.45, 2.75) is 57.6 Å². The van der Waals surface area contributed by atoms with E-state index in [1.165, 1.54) is 0 Å². The highest BCUT2D eigenvalue weighted by Gasteiger charge is 2.39. The molecule has 6 atom stereocenters. The molecular weight excluding hydrogens is 452 g/mol. The first-order chi connectivity index (χ1) is 17.4. The molecule has 4 rings (SSSR count). The molecule has 6 unspecified atom stereocenters. The molecule has 1 aliphatic rings. The molecule has 1 heterocycles. The van der Waals surface area contributed by atoms with Gasteiger partial charge < -0.3 is 25.4 Å². The number of hydrogen-bond donors (Lipinski definition) is 3. The van der Waals surface area contributed by atoms with Gasteiger partial charge in [-0.25, -0.2) is 0 Å². The SMILES string of the molecule is CC1C(CN(C)C(C)C(O)c2ccccc2)OC(c2ccc(CN)cc2)OC1c1ccc(CO)cc1. The van der Waals surface area contributed by atoms with Gasteiger partial charge in [0.15, 0.2) is 6.29 Å². The van der Waals surface area contributed by atoms with Crippen LogP contribution in [-0.2, 0) is 22.6 Å². The predicted octanol–water partition coefficient (Wildman–Crippen LogP) is 4.48. The molecule has 0 spiro atoms. The van der Waals surface area contributed by atoms with Crippen molar-refractivity contribution in [3.05, 3.63) is 107 Å². The summed E-state index contributed by atoms with van der Waals surface area (Å²) in [6.07, 6.45) is -1.44. The highest BCUT2D eigenvalue weighted by molar-refractivity contribution is 5.27. The van der Waals surface area contributed by atoms with Crippen LogP contribution >= 0.6 is 0 Å². The normalized spacial score (nSPS) is 24.0. The summed E-state index contributed by atoms with van der Waals surface area (Å²) < 4.78 is 13.1. The van der Waals surface area contributed by atoms with E-state index in [1.807, 2.05) is 92.8 Å². The summed E-state index contributed by atoms with van der Waals surface area (Å²) in [4.78, 5) is 2.16. The van der Waals surface area contributed by atoms with Crippen molar-refractivity contribution >= 4 is 0 Å². The standard InChI is InChI=1S/C30H38N2O4/c1-20-27(18-32(3)21(2)28(34)24-7-5-4-6-8-24)35-30(26-15-9-22(17-31)10-16-26)36-29(20)25-13-11-23(19-33)12-14-25/h4-16,20-21,27-30,33-34H,17-19,31H2,1-3H3. The Bertz CT molecular complexity index is 1070. The van der Waals surface area contributed by atoms with Crippen LogP contribution in [0.3, 0.4) is 0 Å². The number of aliphatic hydroxyl groups excluding tert-OH is 2. The first-order valence-corrected chi connectivity index (χ1v) is 12.6. The molecule has 0 amide bonds. The maximum absolute atomic E-state index is 11.0. The second-order valence-electron chi connectivity index (χ2n) is 9.80. The van der Waals surface area contributed by atoms with Crippen molar-refractivity contribution in [3.63, 3.8) is 0 Å². The fraction of sp³-hybridized carbons (Fsp3) is 0.400. The molecule has 1 fully saturated rings. The molecule has 0 aliphatic carbocycles. The van der Waals surface area contributed by atoms with E-state index >= 15 is 0 Å². The molecule has 3 aromatic carbocycles. The average Bonchev–Trinajstić information content (AvgIpc) is 2.93. The van der Waals surface area contributed by atoms with Crippen LogP contribution in [0.1, 0.15) is 60.2 Å². The number of likely N-dealkylation sites (N-methyl/N-ethyl adjacent to an activating group) is 1. The third-order valence-electron chi connectivity index (χ3n) is 7.37. The molecule has 36 heavy (non-hydrogen) atoms.